The van der Waals surface area contributed by atoms with E-state index in [2.05, 4.69) is 15.7 Å². The maximum absolute atomic E-state index is 12.8. The Morgan fingerprint density at radius 3 is 2.46 bits per heavy atom. The lowest BCUT2D eigenvalue weighted by atomic mass is 10.00. The van der Waals surface area contributed by atoms with E-state index in [0.29, 0.717) is 41.7 Å². The number of hydrogen-bond acceptors (Lipinski definition) is 5. The largest absolute Gasteiger partial charge is 0.493 e. The number of rotatable bonds is 7. The van der Waals surface area contributed by atoms with E-state index < -0.39 is 5.60 Å². The molecular weight excluding hydrogens is 518 g/mol. The Bertz CT molecular complexity index is 1290. The van der Waals surface area contributed by atoms with Crippen LogP contribution in [0.25, 0.3) is 11.3 Å². The van der Waals surface area contributed by atoms with E-state index in [0.717, 1.165) is 30.5 Å². The molecule has 1 aliphatic rings. The van der Waals surface area contributed by atoms with Crippen molar-refractivity contribution in [2.24, 2.45) is 7.05 Å². The third kappa shape index (κ3) is 7.89. The van der Waals surface area contributed by atoms with Gasteiger partial charge in [-0.05, 0) is 88.6 Å². The Balaban J connectivity index is 1.44. The number of carbonyl (C=O) groups excluding carboxylic acids is 2. The lowest BCUT2D eigenvalue weighted by Gasteiger charge is -2.36. The minimum absolute atomic E-state index is 0.0613. The molecular formula is C29H36ClN5O4. The van der Waals surface area contributed by atoms with Crippen molar-refractivity contribution < 1.29 is 19.1 Å². The van der Waals surface area contributed by atoms with Gasteiger partial charge in [-0.2, -0.15) is 5.10 Å². The molecule has 1 fully saturated rings. The molecule has 1 saturated heterocycles. The van der Waals surface area contributed by atoms with Gasteiger partial charge in [0.15, 0.2) is 0 Å². The van der Waals surface area contributed by atoms with Crippen LogP contribution in [0.4, 0.5) is 21.0 Å². The molecule has 0 saturated carbocycles. The van der Waals surface area contributed by atoms with E-state index in [4.69, 9.17) is 21.1 Å². The zero-order valence-electron chi connectivity index (χ0n) is 22.9. The monoisotopic (exact) mass is 553 g/mol. The number of nitrogens with zero attached hydrogens (tertiary/aromatic N) is 3. The van der Waals surface area contributed by atoms with Crippen LogP contribution in [0.15, 0.2) is 54.7 Å². The number of benzene rings is 2. The van der Waals surface area contributed by atoms with Crippen LogP contribution in [0.1, 0.15) is 46.5 Å². The summed E-state index contributed by atoms with van der Waals surface area (Å²) >= 11 is 5.93. The number of ether oxygens (including phenoxy) is 2. The smallest absolute Gasteiger partial charge is 0.410 e. The van der Waals surface area contributed by atoms with Gasteiger partial charge in [-0.3, -0.25) is 4.68 Å². The summed E-state index contributed by atoms with van der Waals surface area (Å²) in [6.45, 7) is 6.77. The van der Waals surface area contributed by atoms with Crippen molar-refractivity contribution in [2.75, 3.05) is 23.8 Å². The van der Waals surface area contributed by atoms with Crippen molar-refractivity contribution in [3.05, 3.63) is 59.8 Å². The molecule has 4 rings (SSSR count). The van der Waals surface area contributed by atoms with Gasteiger partial charge in [-0.25, -0.2) is 9.59 Å². The van der Waals surface area contributed by atoms with E-state index in [1.165, 1.54) is 0 Å². The van der Waals surface area contributed by atoms with Crippen LogP contribution in [-0.4, -0.2) is 51.6 Å². The summed E-state index contributed by atoms with van der Waals surface area (Å²) in [6, 6.07) is 14.0. The number of carbonyl (C=O) groups is 2. The van der Waals surface area contributed by atoms with Crippen molar-refractivity contribution >= 4 is 35.1 Å². The summed E-state index contributed by atoms with van der Waals surface area (Å²) in [5, 5.41) is 10.6. The van der Waals surface area contributed by atoms with Crippen LogP contribution in [0.5, 0.6) is 5.75 Å². The minimum Gasteiger partial charge on any atom is -0.493 e. The van der Waals surface area contributed by atoms with E-state index in [9.17, 15) is 9.59 Å². The van der Waals surface area contributed by atoms with Gasteiger partial charge in [0.1, 0.15) is 11.4 Å². The second-order valence-corrected chi connectivity index (χ2v) is 11.0. The summed E-state index contributed by atoms with van der Waals surface area (Å²) in [5.74, 6) is 0.668. The fourth-order valence-electron chi connectivity index (χ4n) is 4.57. The molecule has 208 valence electrons. The first-order valence-electron chi connectivity index (χ1n) is 13.2. The van der Waals surface area contributed by atoms with Crippen LogP contribution in [0.2, 0.25) is 5.02 Å². The molecule has 1 aromatic heterocycles. The zero-order valence-corrected chi connectivity index (χ0v) is 23.6. The number of aryl methyl sites for hydroxylation is 1. The van der Waals surface area contributed by atoms with E-state index in [-0.39, 0.29) is 18.2 Å². The third-order valence-corrected chi connectivity index (χ3v) is 6.65. The molecule has 3 aromatic rings. The molecule has 2 heterocycles. The average Bonchev–Trinajstić information content (AvgIpc) is 3.31. The highest BCUT2D eigenvalue weighted by Gasteiger charge is 2.30. The van der Waals surface area contributed by atoms with Crippen molar-refractivity contribution in [3.63, 3.8) is 0 Å². The Morgan fingerprint density at radius 1 is 1.05 bits per heavy atom. The Kier molecular flexibility index (Phi) is 9.01. The molecule has 2 N–H and O–H groups in total. The summed E-state index contributed by atoms with van der Waals surface area (Å²) in [7, 11) is 1.85. The molecule has 1 atom stereocenters. The molecule has 2 aromatic carbocycles. The molecule has 1 unspecified atom stereocenters. The molecule has 9 nitrogen and oxygen atoms in total. The summed E-state index contributed by atoms with van der Waals surface area (Å²) < 4.78 is 13.6. The summed E-state index contributed by atoms with van der Waals surface area (Å²) in [6.07, 6.45) is 5.10. The second kappa shape index (κ2) is 12.4. The zero-order chi connectivity index (χ0) is 28.0. The SMILES string of the molecule is Cn1nccc1-c1cc(NC(=O)Nc2ccc(Cl)cc2)ccc1OCCC1CCCCN1C(=O)OC(C)(C)C. The van der Waals surface area contributed by atoms with Crippen LogP contribution in [0, 0.1) is 0 Å². The maximum atomic E-state index is 12.8. The molecule has 0 aliphatic carbocycles. The van der Waals surface area contributed by atoms with E-state index in [1.54, 1.807) is 41.2 Å². The first kappa shape index (κ1) is 28.3. The van der Waals surface area contributed by atoms with E-state index in [1.807, 2.05) is 50.9 Å². The number of nitrogens with one attached hydrogen (secondary N) is 2. The minimum atomic E-state index is -0.533. The normalized spacial score (nSPS) is 15.5. The standard InChI is InChI=1S/C29H36ClN5O4/c1-29(2,3)39-28(37)35-17-6-5-7-23(35)15-18-38-26-13-12-22(19-24(26)25-14-16-31-34(25)4)33-27(36)32-21-10-8-20(30)9-11-21/h8-14,16,19,23H,5-7,15,17-18H2,1-4H3,(H2,32,33,36). The van der Waals surface area contributed by atoms with Gasteiger partial charge in [0.25, 0.3) is 0 Å². The number of halogens is 1. The number of likely N-dealkylation sites (tertiary alicyclic amines) is 1. The number of hydrogen-bond donors (Lipinski definition) is 2. The molecule has 3 amide bonds. The van der Waals surface area contributed by atoms with Crippen molar-refractivity contribution in [1.82, 2.24) is 14.7 Å². The highest BCUT2D eigenvalue weighted by atomic mass is 35.5. The van der Waals surface area contributed by atoms with Crippen molar-refractivity contribution in [3.8, 4) is 17.0 Å². The average molecular weight is 554 g/mol. The van der Waals surface area contributed by atoms with Crippen LogP contribution in [0.3, 0.4) is 0 Å². The number of aromatic nitrogens is 2. The molecule has 39 heavy (non-hydrogen) atoms. The first-order valence-corrected chi connectivity index (χ1v) is 13.6. The van der Waals surface area contributed by atoms with Gasteiger partial charge in [0.05, 0.1) is 12.3 Å². The fraction of sp³-hybridized carbons (Fsp3) is 0.414. The van der Waals surface area contributed by atoms with Gasteiger partial charge in [-0.15, -0.1) is 0 Å². The van der Waals surface area contributed by atoms with Gasteiger partial charge in [-0.1, -0.05) is 11.6 Å². The van der Waals surface area contributed by atoms with Crippen LogP contribution < -0.4 is 15.4 Å². The summed E-state index contributed by atoms with van der Waals surface area (Å²) in [5.41, 5.74) is 2.35. The molecule has 10 heteroatoms. The third-order valence-electron chi connectivity index (χ3n) is 6.40. The van der Waals surface area contributed by atoms with Crippen molar-refractivity contribution in [1.29, 1.82) is 0 Å². The second-order valence-electron chi connectivity index (χ2n) is 10.6. The van der Waals surface area contributed by atoms with Crippen LogP contribution in [-0.2, 0) is 11.8 Å². The number of anilines is 2. The molecule has 0 bridgehead atoms. The Morgan fingerprint density at radius 2 is 1.77 bits per heavy atom. The van der Waals surface area contributed by atoms with Gasteiger partial charge >= 0.3 is 12.1 Å². The fourth-order valence-corrected chi connectivity index (χ4v) is 4.69. The number of urea groups is 1. The first-order chi connectivity index (χ1) is 18.6. The predicted octanol–water partition coefficient (Wildman–Crippen LogP) is 6.94. The molecule has 0 radical (unpaired) electrons. The Hall–Kier alpha value is -3.72. The Labute approximate surface area is 234 Å². The highest BCUT2D eigenvalue weighted by Crippen LogP contribution is 2.33. The lowest BCUT2D eigenvalue weighted by molar-refractivity contribution is 0.00743. The molecule has 1 aliphatic heterocycles. The topological polar surface area (TPSA) is 97.7 Å². The predicted molar refractivity (Wildman–Crippen MR) is 153 cm³/mol. The van der Waals surface area contributed by atoms with Gasteiger partial charge in [0, 0.05) is 54.2 Å². The lowest BCUT2D eigenvalue weighted by Crippen LogP contribution is -2.46. The van der Waals surface area contributed by atoms with Crippen molar-refractivity contribution in [2.45, 2.75) is 58.1 Å². The van der Waals surface area contributed by atoms with E-state index >= 15 is 0 Å². The van der Waals surface area contributed by atoms with Gasteiger partial charge < -0.3 is 25.0 Å². The highest BCUT2D eigenvalue weighted by molar-refractivity contribution is 6.30. The van der Waals surface area contributed by atoms with Crippen LogP contribution >= 0.6 is 11.6 Å². The number of piperidine rings is 1. The molecule has 0 spiro atoms. The van der Waals surface area contributed by atoms with Gasteiger partial charge in [0.2, 0.25) is 0 Å². The summed E-state index contributed by atoms with van der Waals surface area (Å²) in [4.78, 5) is 27.2. The maximum Gasteiger partial charge on any atom is 0.410 e. The quantitative estimate of drug-likeness (QED) is 0.330. The number of amides is 3.